The molecule has 5 nitrogen and oxygen atoms in total. The van der Waals surface area contributed by atoms with Crippen molar-refractivity contribution in [3.8, 4) is 11.4 Å². The van der Waals surface area contributed by atoms with Gasteiger partial charge in [0.25, 0.3) is 5.69 Å². The summed E-state index contributed by atoms with van der Waals surface area (Å²) in [7, 11) is 0. The molecule has 0 saturated heterocycles. The molecule has 0 aliphatic carbocycles. The number of rotatable bonds is 3. The highest BCUT2D eigenvalue weighted by Crippen LogP contribution is 2.25. The molecule has 19 heavy (non-hydrogen) atoms. The van der Waals surface area contributed by atoms with Crippen molar-refractivity contribution in [1.29, 1.82) is 0 Å². The van der Waals surface area contributed by atoms with Crippen molar-refractivity contribution >= 4 is 17.3 Å². The normalized spacial score (nSPS) is 10.5. The van der Waals surface area contributed by atoms with E-state index in [4.69, 9.17) is 11.6 Å². The van der Waals surface area contributed by atoms with Gasteiger partial charge in [0.05, 0.1) is 16.5 Å². The molecule has 1 heterocycles. The Morgan fingerprint density at radius 3 is 2.63 bits per heavy atom. The third-order valence-electron chi connectivity index (χ3n) is 2.72. The largest absolute Gasteiger partial charge is 0.270 e. The number of aromatic nitrogens is 2. The van der Waals surface area contributed by atoms with Gasteiger partial charge in [-0.1, -0.05) is 6.07 Å². The summed E-state index contributed by atoms with van der Waals surface area (Å²) in [4.78, 5) is 19.0. The average Bonchev–Trinajstić information content (AvgIpc) is 2.38. The van der Waals surface area contributed by atoms with Crippen LogP contribution in [0, 0.1) is 24.0 Å². The number of benzene rings is 1. The van der Waals surface area contributed by atoms with E-state index >= 15 is 0 Å². The molecule has 0 bridgehead atoms. The highest BCUT2D eigenvalue weighted by Gasteiger charge is 2.13. The van der Waals surface area contributed by atoms with Crippen LogP contribution in [0.4, 0.5) is 5.69 Å². The maximum Gasteiger partial charge on any atom is 0.270 e. The lowest BCUT2D eigenvalue weighted by Crippen LogP contribution is -1.98. The van der Waals surface area contributed by atoms with Crippen molar-refractivity contribution in [3.05, 3.63) is 51.3 Å². The maximum absolute atomic E-state index is 10.8. The zero-order valence-electron chi connectivity index (χ0n) is 10.6. The average molecular weight is 278 g/mol. The smallest absolute Gasteiger partial charge is 0.258 e. The molecule has 0 amide bonds. The van der Waals surface area contributed by atoms with Crippen LogP contribution in [0.3, 0.4) is 0 Å². The second kappa shape index (κ2) is 5.32. The fourth-order valence-electron chi connectivity index (χ4n) is 1.79. The number of non-ortho nitro benzene ring substituents is 1. The molecule has 2 aromatic rings. The van der Waals surface area contributed by atoms with E-state index in [0.717, 1.165) is 11.3 Å². The van der Waals surface area contributed by atoms with Gasteiger partial charge < -0.3 is 0 Å². The molecule has 1 aromatic carbocycles. The Kier molecular flexibility index (Phi) is 3.76. The number of nitro benzene ring substituents is 1. The fraction of sp³-hybridized carbons (Fsp3) is 0.231. The quantitative estimate of drug-likeness (QED) is 0.490. The number of hydrogen-bond donors (Lipinski definition) is 0. The zero-order valence-corrected chi connectivity index (χ0v) is 11.3. The number of nitro groups is 1. The van der Waals surface area contributed by atoms with Crippen LogP contribution < -0.4 is 0 Å². The van der Waals surface area contributed by atoms with Crippen molar-refractivity contribution in [3.63, 3.8) is 0 Å². The molecular weight excluding hydrogens is 266 g/mol. The number of alkyl halides is 1. The van der Waals surface area contributed by atoms with Crippen molar-refractivity contribution in [2.75, 3.05) is 0 Å². The molecule has 0 unspecified atom stereocenters. The molecule has 0 N–H and O–H groups in total. The van der Waals surface area contributed by atoms with E-state index < -0.39 is 4.92 Å². The SMILES string of the molecule is Cc1cc(CCl)nc(-c2cc([N+](=O)[O-])ccc2C)n1. The molecule has 0 radical (unpaired) electrons. The van der Waals surface area contributed by atoms with Crippen LogP contribution in [-0.2, 0) is 5.88 Å². The standard InChI is InChI=1S/C13H12ClN3O2/c1-8-3-4-11(17(18)19)6-12(8)13-15-9(2)5-10(7-14)16-13/h3-6H,7H2,1-2H3. The van der Waals surface area contributed by atoms with E-state index in [1.54, 1.807) is 12.1 Å². The molecule has 0 aliphatic rings. The minimum absolute atomic E-state index is 0.0260. The minimum atomic E-state index is -0.429. The summed E-state index contributed by atoms with van der Waals surface area (Å²) in [6, 6.07) is 6.45. The Bertz CT molecular complexity index is 644. The first-order valence-corrected chi connectivity index (χ1v) is 6.20. The number of aryl methyl sites for hydroxylation is 2. The lowest BCUT2D eigenvalue weighted by Gasteiger charge is -2.07. The third-order valence-corrected chi connectivity index (χ3v) is 2.99. The predicted octanol–water partition coefficient (Wildman–Crippen LogP) is 3.41. The van der Waals surface area contributed by atoms with E-state index in [-0.39, 0.29) is 11.6 Å². The molecular formula is C13H12ClN3O2. The van der Waals surface area contributed by atoms with E-state index in [9.17, 15) is 10.1 Å². The Morgan fingerprint density at radius 2 is 2.00 bits per heavy atom. The lowest BCUT2D eigenvalue weighted by atomic mass is 10.1. The highest BCUT2D eigenvalue weighted by atomic mass is 35.5. The Labute approximate surface area is 115 Å². The van der Waals surface area contributed by atoms with E-state index in [0.29, 0.717) is 17.1 Å². The minimum Gasteiger partial charge on any atom is -0.258 e. The van der Waals surface area contributed by atoms with Crippen molar-refractivity contribution < 1.29 is 4.92 Å². The summed E-state index contributed by atoms with van der Waals surface area (Å²) >= 11 is 5.78. The van der Waals surface area contributed by atoms with E-state index in [2.05, 4.69) is 9.97 Å². The molecule has 0 fully saturated rings. The molecule has 1 aromatic heterocycles. The van der Waals surface area contributed by atoms with Gasteiger partial charge in [-0.15, -0.1) is 11.6 Å². The van der Waals surface area contributed by atoms with Gasteiger partial charge in [-0.25, -0.2) is 9.97 Å². The van der Waals surface area contributed by atoms with Crippen molar-refractivity contribution in [1.82, 2.24) is 9.97 Å². The Balaban J connectivity index is 2.60. The monoisotopic (exact) mass is 277 g/mol. The van der Waals surface area contributed by atoms with E-state index in [1.165, 1.54) is 12.1 Å². The van der Waals surface area contributed by atoms with Crippen LogP contribution in [0.15, 0.2) is 24.3 Å². The van der Waals surface area contributed by atoms with Gasteiger partial charge in [0, 0.05) is 23.4 Å². The summed E-state index contributed by atoms with van der Waals surface area (Å²) in [5.41, 5.74) is 3.06. The second-order valence-electron chi connectivity index (χ2n) is 4.21. The fourth-order valence-corrected chi connectivity index (χ4v) is 1.92. The van der Waals surface area contributed by atoms with Crippen LogP contribution in [0.5, 0.6) is 0 Å². The number of halogens is 1. The van der Waals surface area contributed by atoms with Crippen molar-refractivity contribution in [2.45, 2.75) is 19.7 Å². The summed E-state index contributed by atoms with van der Waals surface area (Å²) < 4.78 is 0. The summed E-state index contributed by atoms with van der Waals surface area (Å²) in [6.45, 7) is 3.71. The molecule has 6 heteroatoms. The summed E-state index contributed by atoms with van der Waals surface area (Å²) in [5, 5.41) is 10.8. The maximum atomic E-state index is 10.8. The van der Waals surface area contributed by atoms with Crippen LogP contribution in [0.1, 0.15) is 17.0 Å². The van der Waals surface area contributed by atoms with Gasteiger partial charge in [0.1, 0.15) is 0 Å². The molecule has 2 rings (SSSR count). The first-order chi connectivity index (χ1) is 9.01. The van der Waals surface area contributed by atoms with Crippen LogP contribution in [0.2, 0.25) is 0 Å². The highest BCUT2D eigenvalue weighted by molar-refractivity contribution is 6.16. The number of nitrogens with zero attached hydrogens (tertiary/aromatic N) is 3. The Morgan fingerprint density at radius 1 is 1.26 bits per heavy atom. The third kappa shape index (κ3) is 2.88. The van der Waals surface area contributed by atoms with Gasteiger partial charge in [-0.05, 0) is 25.5 Å². The Hall–Kier alpha value is -2.01. The van der Waals surface area contributed by atoms with Crippen LogP contribution in [-0.4, -0.2) is 14.9 Å². The van der Waals surface area contributed by atoms with Gasteiger partial charge in [-0.3, -0.25) is 10.1 Å². The second-order valence-corrected chi connectivity index (χ2v) is 4.48. The van der Waals surface area contributed by atoms with Crippen LogP contribution >= 0.6 is 11.6 Å². The summed E-state index contributed by atoms with van der Waals surface area (Å²) in [5.74, 6) is 0.751. The van der Waals surface area contributed by atoms with Gasteiger partial charge in [0.15, 0.2) is 5.82 Å². The lowest BCUT2D eigenvalue weighted by molar-refractivity contribution is -0.384. The zero-order chi connectivity index (χ0) is 14.0. The van der Waals surface area contributed by atoms with Gasteiger partial charge >= 0.3 is 0 Å². The predicted molar refractivity (Wildman–Crippen MR) is 73.2 cm³/mol. The van der Waals surface area contributed by atoms with E-state index in [1.807, 2.05) is 13.8 Å². The number of hydrogen-bond acceptors (Lipinski definition) is 4. The molecule has 0 atom stereocenters. The molecule has 0 spiro atoms. The molecule has 0 aliphatic heterocycles. The van der Waals surface area contributed by atoms with Crippen molar-refractivity contribution in [2.24, 2.45) is 0 Å². The van der Waals surface area contributed by atoms with Gasteiger partial charge in [-0.2, -0.15) is 0 Å². The first-order valence-electron chi connectivity index (χ1n) is 5.67. The topological polar surface area (TPSA) is 68.9 Å². The van der Waals surface area contributed by atoms with Crippen LogP contribution in [0.25, 0.3) is 11.4 Å². The first kappa shape index (κ1) is 13.4. The molecule has 0 saturated carbocycles. The summed E-state index contributed by atoms with van der Waals surface area (Å²) in [6.07, 6.45) is 0. The molecule has 98 valence electrons. The van der Waals surface area contributed by atoms with Gasteiger partial charge in [0.2, 0.25) is 0 Å².